The predicted octanol–water partition coefficient (Wildman–Crippen LogP) is 5.07. The molecule has 0 aliphatic carbocycles. The maximum atomic E-state index is 13.8. The number of hydrogen-bond acceptors (Lipinski definition) is 8. The summed E-state index contributed by atoms with van der Waals surface area (Å²) in [6, 6.07) is 14.5. The van der Waals surface area contributed by atoms with Crippen LogP contribution in [0.3, 0.4) is 0 Å². The maximum Gasteiger partial charge on any atom is 0.301 e. The van der Waals surface area contributed by atoms with Crippen molar-refractivity contribution in [2.75, 3.05) is 12.0 Å². The van der Waals surface area contributed by atoms with Gasteiger partial charge in [0.05, 0.1) is 28.7 Å². The van der Waals surface area contributed by atoms with E-state index in [9.17, 15) is 24.6 Å². The van der Waals surface area contributed by atoms with E-state index >= 15 is 0 Å². The van der Waals surface area contributed by atoms with Crippen LogP contribution in [-0.2, 0) is 6.61 Å². The fourth-order valence-corrected chi connectivity index (χ4v) is 2.82. The second kappa shape index (κ2) is 10.7. The molecule has 1 N–H and O–H groups in total. The number of hydrazone groups is 1. The number of nitro groups is 2. The minimum Gasteiger partial charge on any atom is -0.490 e. The minimum atomic E-state index is -0.736. The molecule has 11 heteroatoms. The third kappa shape index (κ3) is 6.00. The minimum absolute atomic E-state index is 0.00303. The van der Waals surface area contributed by atoms with Crippen molar-refractivity contribution in [1.29, 1.82) is 0 Å². The molecule has 3 aromatic carbocycles. The van der Waals surface area contributed by atoms with Gasteiger partial charge < -0.3 is 9.47 Å². The number of anilines is 1. The Bertz CT molecular complexity index is 1200. The number of nitrogens with zero attached hydrogens (tertiary/aromatic N) is 3. The Labute approximate surface area is 187 Å². The summed E-state index contributed by atoms with van der Waals surface area (Å²) in [7, 11) is 0. The highest BCUT2D eigenvalue weighted by atomic mass is 19.1. The number of nitro benzene ring substituents is 2. The predicted molar refractivity (Wildman–Crippen MR) is 119 cm³/mol. The fraction of sp³-hybridized carbons (Fsp3) is 0.136. The van der Waals surface area contributed by atoms with Crippen LogP contribution in [0.15, 0.2) is 65.8 Å². The first-order chi connectivity index (χ1) is 15.9. The van der Waals surface area contributed by atoms with Crippen LogP contribution in [-0.4, -0.2) is 22.7 Å². The van der Waals surface area contributed by atoms with Gasteiger partial charge in [-0.1, -0.05) is 18.2 Å². The lowest BCUT2D eigenvalue weighted by Gasteiger charge is -2.13. The fourth-order valence-electron chi connectivity index (χ4n) is 2.82. The lowest BCUT2D eigenvalue weighted by atomic mass is 10.2. The number of halogens is 1. The van der Waals surface area contributed by atoms with Crippen molar-refractivity contribution in [3.63, 3.8) is 0 Å². The van der Waals surface area contributed by atoms with Gasteiger partial charge in [-0.3, -0.25) is 25.7 Å². The van der Waals surface area contributed by atoms with Gasteiger partial charge in [0, 0.05) is 11.6 Å². The third-order valence-corrected chi connectivity index (χ3v) is 4.40. The smallest absolute Gasteiger partial charge is 0.301 e. The Morgan fingerprint density at radius 1 is 1.00 bits per heavy atom. The van der Waals surface area contributed by atoms with Crippen LogP contribution >= 0.6 is 0 Å². The Kier molecular flexibility index (Phi) is 7.47. The number of hydrogen-bond donors (Lipinski definition) is 1. The summed E-state index contributed by atoms with van der Waals surface area (Å²) in [6.45, 7) is 2.19. The van der Waals surface area contributed by atoms with Crippen LogP contribution in [0, 0.1) is 26.0 Å². The molecule has 0 saturated carbocycles. The van der Waals surface area contributed by atoms with Crippen LogP contribution < -0.4 is 14.9 Å². The van der Waals surface area contributed by atoms with Crippen LogP contribution in [0.25, 0.3) is 0 Å². The van der Waals surface area contributed by atoms with Crippen molar-refractivity contribution in [2.45, 2.75) is 13.5 Å². The van der Waals surface area contributed by atoms with Crippen LogP contribution in [0.2, 0.25) is 0 Å². The van der Waals surface area contributed by atoms with Gasteiger partial charge in [0.2, 0.25) is 0 Å². The molecule has 0 aliphatic heterocycles. The summed E-state index contributed by atoms with van der Waals surface area (Å²) in [5.74, 6) is 0.459. The molecule has 33 heavy (non-hydrogen) atoms. The standard InChI is InChI=1S/C22H19FN4O6/c1-2-32-22-11-15(7-10-21(22)33-14-16-5-3-4-6-18(16)23)13-24-25-19-9-8-17(26(28)29)12-20(19)27(30)31/h3-13,25H,2,14H2,1H3/b24-13+. The quantitative estimate of drug-likeness (QED) is 0.257. The monoisotopic (exact) mass is 454 g/mol. The zero-order valence-corrected chi connectivity index (χ0v) is 17.4. The molecule has 0 fully saturated rings. The number of nitrogens with one attached hydrogen (secondary N) is 1. The Balaban J connectivity index is 1.75. The SMILES string of the molecule is CCOc1cc(/C=N/Nc2ccc([N+](=O)[O-])cc2[N+](=O)[O-])ccc1OCc1ccccc1F. The first-order valence-electron chi connectivity index (χ1n) is 9.74. The van der Waals surface area contributed by atoms with Gasteiger partial charge in [-0.15, -0.1) is 0 Å². The van der Waals surface area contributed by atoms with Gasteiger partial charge in [-0.05, 0) is 42.8 Å². The van der Waals surface area contributed by atoms with Gasteiger partial charge in [-0.25, -0.2) is 4.39 Å². The van der Waals surface area contributed by atoms with Gasteiger partial charge in [0.1, 0.15) is 18.1 Å². The lowest BCUT2D eigenvalue weighted by molar-refractivity contribution is -0.393. The highest BCUT2D eigenvalue weighted by Gasteiger charge is 2.19. The van der Waals surface area contributed by atoms with E-state index in [2.05, 4.69) is 10.5 Å². The molecule has 0 heterocycles. The van der Waals surface area contributed by atoms with E-state index in [4.69, 9.17) is 9.47 Å². The Morgan fingerprint density at radius 3 is 2.48 bits per heavy atom. The van der Waals surface area contributed by atoms with E-state index in [1.165, 1.54) is 18.3 Å². The molecule has 0 unspecified atom stereocenters. The van der Waals surface area contributed by atoms with Gasteiger partial charge in [0.15, 0.2) is 11.5 Å². The molecule has 10 nitrogen and oxygen atoms in total. The van der Waals surface area contributed by atoms with Gasteiger partial charge >= 0.3 is 5.69 Å². The second-order valence-electron chi connectivity index (χ2n) is 6.60. The van der Waals surface area contributed by atoms with E-state index in [1.54, 1.807) is 43.3 Å². The molecule has 0 radical (unpaired) electrons. The van der Waals surface area contributed by atoms with Crippen molar-refractivity contribution >= 4 is 23.3 Å². The molecule has 0 aromatic heterocycles. The highest BCUT2D eigenvalue weighted by molar-refractivity contribution is 5.82. The van der Waals surface area contributed by atoms with E-state index in [0.717, 1.165) is 12.1 Å². The summed E-state index contributed by atoms with van der Waals surface area (Å²) in [5.41, 5.74) is 2.63. The molecule has 3 rings (SSSR count). The average Bonchev–Trinajstić information content (AvgIpc) is 2.79. The van der Waals surface area contributed by atoms with Crippen LogP contribution in [0.1, 0.15) is 18.1 Å². The summed E-state index contributed by atoms with van der Waals surface area (Å²) < 4.78 is 25.1. The zero-order valence-electron chi connectivity index (χ0n) is 17.4. The molecule has 0 aliphatic rings. The normalized spacial score (nSPS) is 10.7. The Hall–Kier alpha value is -4.54. The second-order valence-corrected chi connectivity index (χ2v) is 6.60. The van der Waals surface area contributed by atoms with Crippen LogP contribution in [0.4, 0.5) is 21.5 Å². The van der Waals surface area contributed by atoms with E-state index in [1.807, 2.05) is 0 Å². The number of ether oxygens (including phenoxy) is 2. The first-order valence-corrected chi connectivity index (χ1v) is 9.74. The third-order valence-electron chi connectivity index (χ3n) is 4.40. The molecule has 0 amide bonds. The number of benzene rings is 3. The molecule has 0 saturated heterocycles. The maximum absolute atomic E-state index is 13.8. The molecule has 0 bridgehead atoms. The number of non-ortho nitro benzene ring substituents is 1. The van der Waals surface area contributed by atoms with E-state index in [-0.39, 0.29) is 18.1 Å². The van der Waals surface area contributed by atoms with Crippen molar-refractivity contribution in [1.82, 2.24) is 0 Å². The largest absolute Gasteiger partial charge is 0.490 e. The Morgan fingerprint density at radius 2 is 1.79 bits per heavy atom. The van der Waals surface area contributed by atoms with Crippen molar-refractivity contribution in [3.8, 4) is 11.5 Å². The van der Waals surface area contributed by atoms with E-state index in [0.29, 0.717) is 29.2 Å². The zero-order chi connectivity index (χ0) is 23.8. The topological polar surface area (TPSA) is 129 Å². The highest BCUT2D eigenvalue weighted by Crippen LogP contribution is 2.30. The molecular formula is C22H19FN4O6. The van der Waals surface area contributed by atoms with Crippen LogP contribution in [0.5, 0.6) is 11.5 Å². The first kappa shape index (κ1) is 23.1. The van der Waals surface area contributed by atoms with Gasteiger partial charge in [0.25, 0.3) is 5.69 Å². The lowest BCUT2D eigenvalue weighted by Crippen LogP contribution is -2.02. The summed E-state index contributed by atoms with van der Waals surface area (Å²) >= 11 is 0. The molecule has 170 valence electrons. The summed E-state index contributed by atoms with van der Waals surface area (Å²) in [6.07, 6.45) is 1.40. The van der Waals surface area contributed by atoms with Crippen molar-refractivity contribution in [2.24, 2.45) is 5.10 Å². The molecule has 0 atom stereocenters. The van der Waals surface area contributed by atoms with Crippen molar-refractivity contribution < 1.29 is 23.7 Å². The van der Waals surface area contributed by atoms with Gasteiger partial charge in [-0.2, -0.15) is 5.10 Å². The average molecular weight is 454 g/mol. The van der Waals surface area contributed by atoms with E-state index < -0.39 is 21.2 Å². The summed E-state index contributed by atoms with van der Waals surface area (Å²) in [4.78, 5) is 20.6. The molecule has 3 aromatic rings. The summed E-state index contributed by atoms with van der Waals surface area (Å²) in [5, 5.41) is 26.0. The number of rotatable bonds is 10. The molecular weight excluding hydrogens is 435 g/mol. The van der Waals surface area contributed by atoms with Crippen molar-refractivity contribution in [3.05, 3.63) is 97.8 Å². The molecule has 0 spiro atoms.